The predicted octanol–water partition coefficient (Wildman–Crippen LogP) is 3.68. The zero-order valence-corrected chi connectivity index (χ0v) is 20.0. The molecule has 0 aliphatic carbocycles. The molecule has 2 aliphatic heterocycles. The van der Waals surface area contributed by atoms with Gasteiger partial charge in [-0.2, -0.15) is 0 Å². The number of thiophene rings is 1. The fraction of sp³-hybridized carbons (Fsp3) is 0.750. The van der Waals surface area contributed by atoms with E-state index in [2.05, 4.69) is 51.5 Å². The first-order valence-electron chi connectivity index (χ1n) is 9.98. The first-order valence-corrected chi connectivity index (χ1v) is 10.9. The molecule has 2 atom stereocenters. The van der Waals surface area contributed by atoms with Crippen molar-refractivity contribution in [3.8, 4) is 0 Å². The number of hydrogen-bond acceptors (Lipinski definition) is 4. The maximum Gasteiger partial charge on any atom is 0.193 e. The molecule has 3 rings (SSSR count). The highest BCUT2D eigenvalue weighted by Crippen LogP contribution is 2.26. The van der Waals surface area contributed by atoms with Crippen LogP contribution in [0, 0.1) is 11.8 Å². The molecule has 0 bridgehead atoms. The molecule has 0 saturated carbocycles. The zero-order valence-electron chi connectivity index (χ0n) is 16.9. The molecule has 2 aliphatic rings. The minimum absolute atomic E-state index is 0. The Morgan fingerprint density at radius 3 is 2.74 bits per heavy atom. The highest BCUT2D eigenvalue weighted by Gasteiger charge is 2.27. The highest BCUT2D eigenvalue weighted by molar-refractivity contribution is 14.0. The van der Waals surface area contributed by atoms with Gasteiger partial charge >= 0.3 is 0 Å². The number of likely N-dealkylation sites (tertiary alicyclic amines) is 1. The molecule has 0 spiro atoms. The van der Waals surface area contributed by atoms with Gasteiger partial charge in [-0.15, -0.1) is 35.3 Å². The van der Waals surface area contributed by atoms with Gasteiger partial charge in [0.2, 0.25) is 0 Å². The lowest BCUT2D eigenvalue weighted by atomic mass is 9.97. The molecular formula is C20H35IN4OS. The number of guanidine groups is 1. The van der Waals surface area contributed by atoms with Crippen molar-refractivity contribution in [2.75, 3.05) is 53.0 Å². The van der Waals surface area contributed by atoms with Crippen molar-refractivity contribution in [1.29, 1.82) is 0 Å². The summed E-state index contributed by atoms with van der Waals surface area (Å²) in [6, 6.07) is 4.80. The molecule has 3 heterocycles. The van der Waals surface area contributed by atoms with Crippen molar-refractivity contribution >= 4 is 41.3 Å². The fourth-order valence-electron chi connectivity index (χ4n) is 4.18. The SMILES string of the molecule is CN=C(NCC(c1cccs1)N1CCOCC1)N1CCC(CC(C)C)C1.I. The number of rotatable bonds is 6. The summed E-state index contributed by atoms with van der Waals surface area (Å²) >= 11 is 1.85. The molecule has 1 aromatic rings. The second-order valence-electron chi connectivity index (χ2n) is 7.84. The van der Waals surface area contributed by atoms with Crippen LogP contribution in [0.3, 0.4) is 0 Å². The van der Waals surface area contributed by atoms with E-state index < -0.39 is 0 Å². The van der Waals surface area contributed by atoms with Gasteiger partial charge in [0.1, 0.15) is 0 Å². The summed E-state index contributed by atoms with van der Waals surface area (Å²) in [6.07, 6.45) is 2.61. The van der Waals surface area contributed by atoms with Gasteiger partial charge in [0.15, 0.2) is 5.96 Å². The number of aliphatic imine (C=N–C) groups is 1. The van der Waals surface area contributed by atoms with Gasteiger partial charge in [-0.05, 0) is 36.1 Å². The molecule has 0 amide bonds. The molecule has 2 fully saturated rings. The molecule has 5 nitrogen and oxygen atoms in total. The maximum absolute atomic E-state index is 5.55. The average molecular weight is 506 g/mol. The summed E-state index contributed by atoms with van der Waals surface area (Å²) in [4.78, 5) is 11.0. The third-order valence-corrected chi connectivity index (χ3v) is 6.39. The lowest BCUT2D eigenvalue weighted by Crippen LogP contribution is -2.47. The van der Waals surface area contributed by atoms with Gasteiger partial charge in [0.05, 0.1) is 19.3 Å². The number of ether oxygens (including phenoxy) is 1. The van der Waals surface area contributed by atoms with Crippen molar-refractivity contribution in [3.63, 3.8) is 0 Å². The number of nitrogens with one attached hydrogen (secondary N) is 1. The van der Waals surface area contributed by atoms with E-state index in [0.717, 1.165) is 63.7 Å². The predicted molar refractivity (Wildman–Crippen MR) is 125 cm³/mol. The van der Waals surface area contributed by atoms with E-state index >= 15 is 0 Å². The number of hydrogen-bond donors (Lipinski definition) is 1. The maximum atomic E-state index is 5.55. The molecule has 7 heteroatoms. The lowest BCUT2D eigenvalue weighted by molar-refractivity contribution is 0.0176. The van der Waals surface area contributed by atoms with E-state index in [1.807, 2.05) is 18.4 Å². The van der Waals surface area contributed by atoms with Crippen LogP contribution in [0.1, 0.15) is 37.6 Å². The van der Waals surface area contributed by atoms with Gasteiger partial charge in [0, 0.05) is 44.6 Å². The first-order chi connectivity index (χ1) is 12.7. The molecule has 27 heavy (non-hydrogen) atoms. The van der Waals surface area contributed by atoms with Gasteiger partial charge in [0.25, 0.3) is 0 Å². The third kappa shape index (κ3) is 6.58. The van der Waals surface area contributed by atoms with Crippen molar-refractivity contribution in [2.24, 2.45) is 16.8 Å². The van der Waals surface area contributed by atoms with Crippen LogP contribution in [0.2, 0.25) is 0 Å². The summed E-state index contributed by atoms with van der Waals surface area (Å²) in [5.41, 5.74) is 0. The molecule has 0 aromatic carbocycles. The van der Waals surface area contributed by atoms with Crippen LogP contribution in [0.15, 0.2) is 22.5 Å². The normalized spacial score (nSPS) is 22.7. The third-order valence-electron chi connectivity index (χ3n) is 5.41. The molecular weight excluding hydrogens is 471 g/mol. The standard InChI is InChI=1S/C20H34N4OS.HI/c1-16(2)13-17-6-7-24(15-17)20(21-3)22-14-18(19-5-4-12-26-19)23-8-10-25-11-9-23;/h4-5,12,16-18H,6-11,13-15H2,1-3H3,(H,21,22);1H. The van der Waals surface area contributed by atoms with Crippen LogP contribution in [0.5, 0.6) is 0 Å². The molecule has 2 unspecified atom stereocenters. The summed E-state index contributed by atoms with van der Waals surface area (Å²) < 4.78 is 5.55. The Morgan fingerprint density at radius 2 is 2.11 bits per heavy atom. The molecule has 0 radical (unpaired) electrons. The fourth-order valence-corrected chi connectivity index (χ4v) is 5.04. The topological polar surface area (TPSA) is 40.1 Å². The monoisotopic (exact) mass is 506 g/mol. The van der Waals surface area contributed by atoms with E-state index in [0.29, 0.717) is 6.04 Å². The van der Waals surface area contributed by atoms with Gasteiger partial charge < -0.3 is 15.0 Å². The van der Waals surface area contributed by atoms with Gasteiger partial charge in [-0.1, -0.05) is 19.9 Å². The van der Waals surface area contributed by atoms with Crippen molar-refractivity contribution in [1.82, 2.24) is 15.1 Å². The van der Waals surface area contributed by atoms with Crippen LogP contribution in [-0.4, -0.2) is 68.7 Å². The lowest BCUT2D eigenvalue weighted by Gasteiger charge is -2.35. The molecule has 1 N–H and O–H groups in total. The van der Waals surface area contributed by atoms with Crippen LogP contribution >= 0.6 is 35.3 Å². The zero-order chi connectivity index (χ0) is 18.4. The minimum Gasteiger partial charge on any atom is -0.379 e. The van der Waals surface area contributed by atoms with Gasteiger partial charge in [-0.3, -0.25) is 9.89 Å². The molecule has 1 aromatic heterocycles. The summed E-state index contributed by atoms with van der Waals surface area (Å²) in [5.74, 6) is 2.64. The second kappa shape index (κ2) is 11.6. The van der Waals surface area contributed by atoms with E-state index in [-0.39, 0.29) is 24.0 Å². The summed E-state index contributed by atoms with van der Waals surface area (Å²) in [5, 5.41) is 5.85. The van der Waals surface area contributed by atoms with Gasteiger partial charge in [-0.25, -0.2) is 0 Å². The quantitative estimate of drug-likeness (QED) is 0.363. The van der Waals surface area contributed by atoms with Crippen LogP contribution < -0.4 is 5.32 Å². The van der Waals surface area contributed by atoms with Crippen LogP contribution in [0.25, 0.3) is 0 Å². The number of nitrogens with zero attached hydrogens (tertiary/aromatic N) is 3. The average Bonchev–Trinajstić information content (AvgIpc) is 3.31. The second-order valence-corrected chi connectivity index (χ2v) is 8.82. The van der Waals surface area contributed by atoms with E-state index in [9.17, 15) is 0 Å². The Bertz CT molecular complexity index is 560. The van der Waals surface area contributed by atoms with Crippen molar-refractivity contribution in [3.05, 3.63) is 22.4 Å². The van der Waals surface area contributed by atoms with Crippen molar-refractivity contribution in [2.45, 2.75) is 32.7 Å². The number of morpholine rings is 1. The van der Waals surface area contributed by atoms with E-state index in [1.165, 1.54) is 17.7 Å². The van der Waals surface area contributed by atoms with Crippen LogP contribution in [-0.2, 0) is 4.74 Å². The minimum atomic E-state index is 0. The van der Waals surface area contributed by atoms with E-state index in [1.54, 1.807) is 0 Å². The Morgan fingerprint density at radius 1 is 1.33 bits per heavy atom. The summed E-state index contributed by atoms with van der Waals surface area (Å²) in [6.45, 7) is 11.5. The summed E-state index contributed by atoms with van der Waals surface area (Å²) in [7, 11) is 1.91. The van der Waals surface area contributed by atoms with Crippen LogP contribution in [0.4, 0.5) is 0 Å². The Kier molecular flexibility index (Phi) is 9.82. The van der Waals surface area contributed by atoms with Crippen molar-refractivity contribution < 1.29 is 4.74 Å². The highest BCUT2D eigenvalue weighted by atomic mass is 127. The smallest absolute Gasteiger partial charge is 0.193 e. The molecule has 154 valence electrons. The largest absolute Gasteiger partial charge is 0.379 e. The Labute approximate surface area is 185 Å². The van der Waals surface area contributed by atoms with E-state index in [4.69, 9.17) is 4.74 Å². The first kappa shape index (κ1) is 22.9. The molecule has 2 saturated heterocycles. The number of halogens is 1. The Hall–Kier alpha value is -0.380. The Balaban J connectivity index is 0.00000261.